The van der Waals surface area contributed by atoms with Crippen molar-refractivity contribution in [1.82, 2.24) is 20.1 Å². The van der Waals surface area contributed by atoms with Gasteiger partial charge in [-0.3, -0.25) is 9.59 Å². The minimum Gasteiger partial charge on any atom is -0.342 e. The second-order valence-electron chi connectivity index (χ2n) is 7.26. The van der Waals surface area contributed by atoms with Crippen LogP contribution in [0.3, 0.4) is 0 Å². The van der Waals surface area contributed by atoms with Crippen molar-refractivity contribution in [3.63, 3.8) is 0 Å². The molecule has 0 bridgehead atoms. The number of benzene rings is 2. The summed E-state index contributed by atoms with van der Waals surface area (Å²) in [5, 5.41) is 15.3. The first-order chi connectivity index (χ1) is 14.7. The van der Waals surface area contributed by atoms with Gasteiger partial charge in [-0.25, -0.2) is 0 Å². The molecule has 2 N–H and O–H groups in total. The van der Waals surface area contributed by atoms with E-state index in [0.717, 1.165) is 11.1 Å². The van der Waals surface area contributed by atoms with E-state index in [-0.39, 0.29) is 23.6 Å². The number of hydrogen-bond donors (Lipinski definition) is 2. The van der Waals surface area contributed by atoms with Gasteiger partial charge in [0.25, 0.3) is 5.91 Å². The Morgan fingerprint density at radius 1 is 1.16 bits per heavy atom. The number of aromatic nitrogens is 3. The Hall–Kier alpha value is -2.84. The molecule has 0 radical (unpaired) electrons. The lowest BCUT2D eigenvalue weighted by Gasteiger charge is -2.14. The SMILES string of the molecule is Cc1cccc(C(=O)N[C@@H](C)c2nnc(SCC(=O)Nc3cc(Cl)ccc3C)n2C)c1. The summed E-state index contributed by atoms with van der Waals surface area (Å²) in [4.78, 5) is 24.8. The fourth-order valence-electron chi connectivity index (χ4n) is 3.01. The van der Waals surface area contributed by atoms with Crippen molar-refractivity contribution in [2.45, 2.75) is 32.0 Å². The maximum atomic E-state index is 12.5. The van der Waals surface area contributed by atoms with Crippen LogP contribution in [0.2, 0.25) is 5.02 Å². The zero-order valence-corrected chi connectivity index (χ0v) is 19.3. The number of hydrogen-bond acceptors (Lipinski definition) is 5. The maximum absolute atomic E-state index is 12.5. The van der Waals surface area contributed by atoms with E-state index in [1.54, 1.807) is 22.8 Å². The Labute approximate surface area is 190 Å². The van der Waals surface area contributed by atoms with Gasteiger partial charge in [-0.05, 0) is 50.6 Å². The standard InChI is InChI=1S/C22H24ClN5O2S/c1-13-6-5-7-16(10-13)21(30)24-15(3)20-26-27-22(28(20)4)31-12-19(29)25-18-11-17(23)9-8-14(18)2/h5-11,15H,12H2,1-4H3,(H,24,30)(H,25,29)/t15-/m0/s1. The number of carbonyl (C=O) groups is 2. The molecule has 0 saturated carbocycles. The maximum Gasteiger partial charge on any atom is 0.251 e. The molecule has 1 atom stereocenters. The van der Waals surface area contributed by atoms with E-state index in [1.165, 1.54) is 11.8 Å². The highest BCUT2D eigenvalue weighted by Crippen LogP contribution is 2.22. The van der Waals surface area contributed by atoms with Gasteiger partial charge in [0.2, 0.25) is 5.91 Å². The Balaban J connectivity index is 1.59. The highest BCUT2D eigenvalue weighted by Gasteiger charge is 2.19. The molecule has 0 aliphatic carbocycles. The van der Waals surface area contributed by atoms with Crippen LogP contribution in [-0.4, -0.2) is 32.3 Å². The Morgan fingerprint density at radius 2 is 1.94 bits per heavy atom. The summed E-state index contributed by atoms with van der Waals surface area (Å²) in [7, 11) is 1.81. The zero-order chi connectivity index (χ0) is 22.5. The summed E-state index contributed by atoms with van der Waals surface area (Å²) in [5.74, 6) is 0.432. The molecular weight excluding hydrogens is 434 g/mol. The van der Waals surface area contributed by atoms with Crippen molar-refractivity contribution in [2.75, 3.05) is 11.1 Å². The Morgan fingerprint density at radius 3 is 2.68 bits per heavy atom. The topological polar surface area (TPSA) is 88.9 Å². The predicted molar refractivity (Wildman–Crippen MR) is 124 cm³/mol. The third kappa shape index (κ3) is 5.86. The largest absolute Gasteiger partial charge is 0.342 e. The molecule has 3 aromatic rings. The molecule has 0 unspecified atom stereocenters. The van der Waals surface area contributed by atoms with Crippen LogP contribution in [0.15, 0.2) is 47.6 Å². The molecule has 0 saturated heterocycles. The number of aryl methyl sites for hydroxylation is 2. The van der Waals surface area contributed by atoms with E-state index in [1.807, 2.05) is 52.1 Å². The van der Waals surface area contributed by atoms with Crippen molar-refractivity contribution in [3.8, 4) is 0 Å². The molecule has 0 fully saturated rings. The minimum atomic E-state index is -0.345. The van der Waals surface area contributed by atoms with Gasteiger partial charge in [0.15, 0.2) is 11.0 Å². The third-order valence-electron chi connectivity index (χ3n) is 4.69. The van der Waals surface area contributed by atoms with Crippen LogP contribution in [0.5, 0.6) is 0 Å². The second kappa shape index (κ2) is 9.98. The highest BCUT2D eigenvalue weighted by atomic mass is 35.5. The Kier molecular flexibility index (Phi) is 7.35. The quantitative estimate of drug-likeness (QED) is 0.516. The lowest BCUT2D eigenvalue weighted by molar-refractivity contribution is -0.113. The van der Waals surface area contributed by atoms with Gasteiger partial charge in [0.1, 0.15) is 0 Å². The first-order valence-corrected chi connectivity index (χ1v) is 11.1. The Bertz CT molecular complexity index is 1120. The summed E-state index contributed by atoms with van der Waals surface area (Å²) < 4.78 is 1.78. The molecule has 162 valence electrons. The van der Waals surface area contributed by atoms with Gasteiger partial charge in [-0.15, -0.1) is 10.2 Å². The van der Waals surface area contributed by atoms with Crippen molar-refractivity contribution in [3.05, 3.63) is 70.0 Å². The summed E-state index contributed by atoms with van der Waals surface area (Å²) in [6, 6.07) is 12.4. The van der Waals surface area contributed by atoms with Crippen LogP contribution in [-0.2, 0) is 11.8 Å². The summed E-state index contributed by atoms with van der Waals surface area (Å²) >= 11 is 7.27. The van der Waals surface area contributed by atoms with Crippen LogP contribution in [0, 0.1) is 13.8 Å². The van der Waals surface area contributed by atoms with Gasteiger partial charge >= 0.3 is 0 Å². The molecule has 1 aromatic heterocycles. The number of anilines is 1. The zero-order valence-electron chi connectivity index (χ0n) is 17.8. The second-order valence-corrected chi connectivity index (χ2v) is 8.64. The predicted octanol–water partition coefficient (Wildman–Crippen LogP) is 4.31. The van der Waals surface area contributed by atoms with Crippen molar-refractivity contribution in [1.29, 1.82) is 0 Å². The van der Waals surface area contributed by atoms with Gasteiger partial charge in [-0.1, -0.05) is 47.1 Å². The molecule has 2 amide bonds. The van der Waals surface area contributed by atoms with Gasteiger partial charge in [-0.2, -0.15) is 0 Å². The number of rotatable bonds is 7. The first-order valence-electron chi connectivity index (χ1n) is 9.70. The molecule has 31 heavy (non-hydrogen) atoms. The molecule has 1 heterocycles. The normalized spacial score (nSPS) is 11.8. The van der Waals surface area contributed by atoms with E-state index in [4.69, 9.17) is 11.6 Å². The molecule has 7 nitrogen and oxygen atoms in total. The minimum absolute atomic E-state index is 0.166. The fourth-order valence-corrected chi connectivity index (χ4v) is 3.90. The number of amides is 2. The van der Waals surface area contributed by atoms with Crippen LogP contribution < -0.4 is 10.6 Å². The van der Waals surface area contributed by atoms with E-state index in [9.17, 15) is 9.59 Å². The van der Waals surface area contributed by atoms with E-state index in [0.29, 0.717) is 27.3 Å². The van der Waals surface area contributed by atoms with Gasteiger partial charge in [0.05, 0.1) is 11.8 Å². The molecule has 0 spiro atoms. The van der Waals surface area contributed by atoms with Gasteiger partial charge in [0, 0.05) is 23.3 Å². The lowest BCUT2D eigenvalue weighted by atomic mass is 10.1. The lowest BCUT2D eigenvalue weighted by Crippen LogP contribution is -2.28. The summed E-state index contributed by atoms with van der Waals surface area (Å²) in [6.07, 6.45) is 0. The highest BCUT2D eigenvalue weighted by molar-refractivity contribution is 7.99. The monoisotopic (exact) mass is 457 g/mol. The number of thioether (sulfide) groups is 1. The molecule has 9 heteroatoms. The average Bonchev–Trinajstić information content (AvgIpc) is 3.09. The molecule has 2 aromatic carbocycles. The van der Waals surface area contributed by atoms with Crippen LogP contribution in [0.4, 0.5) is 5.69 Å². The third-order valence-corrected chi connectivity index (χ3v) is 5.95. The van der Waals surface area contributed by atoms with Crippen LogP contribution >= 0.6 is 23.4 Å². The first kappa shape index (κ1) is 22.8. The number of carbonyl (C=O) groups excluding carboxylic acids is 2. The van der Waals surface area contributed by atoms with Crippen LogP contribution in [0.25, 0.3) is 0 Å². The number of nitrogens with one attached hydrogen (secondary N) is 2. The van der Waals surface area contributed by atoms with Crippen molar-refractivity contribution >= 4 is 40.9 Å². The molecular formula is C22H24ClN5O2S. The number of halogens is 1. The number of nitrogens with zero attached hydrogens (tertiary/aromatic N) is 3. The molecule has 3 rings (SSSR count). The fraction of sp³-hybridized carbons (Fsp3) is 0.273. The van der Waals surface area contributed by atoms with Gasteiger partial charge < -0.3 is 15.2 Å². The van der Waals surface area contributed by atoms with E-state index in [2.05, 4.69) is 20.8 Å². The summed E-state index contributed by atoms with van der Waals surface area (Å²) in [6.45, 7) is 5.69. The van der Waals surface area contributed by atoms with Crippen molar-refractivity contribution in [2.24, 2.45) is 7.05 Å². The molecule has 0 aliphatic rings. The van der Waals surface area contributed by atoms with Crippen LogP contribution in [0.1, 0.15) is 40.3 Å². The van der Waals surface area contributed by atoms with Crippen molar-refractivity contribution < 1.29 is 9.59 Å². The summed E-state index contributed by atoms with van der Waals surface area (Å²) in [5.41, 5.74) is 3.23. The van der Waals surface area contributed by atoms with E-state index >= 15 is 0 Å². The van der Waals surface area contributed by atoms with E-state index < -0.39 is 0 Å². The smallest absolute Gasteiger partial charge is 0.251 e. The molecule has 0 aliphatic heterocycles. The average molecular weight is 458 g/mol.